The van der Waals surface area contributed by atoms with E-state index in [9.17, 15) is 9.59 Å². The van der Waals surface area contributed by atoms with Gasteiger partial charge in [-0.3, -0.25) is 9.59 Å². The van der Waals surface area contributed by atoms with Crippen LogP contribution in [0.4, 0.5) is 0 Å². The van der Waals surface area contributed by atoms with Gasteiger partial charge in [0.2, 0.25) is 11.8 Å². The summed E-state index contributed by atoms with van der Waals surface area (Å²) in [5, 5.41) is 2.69. The standard InChI is InChI=1S/C15H17BrN2O3/c1-21-12-5-2-9(6-11(12)16)8-18-13(19)7-17-15(20)14(18)10-3-4-10/h2,5-6,10,14H,3-4,7-8H2,1H3,(H,17,20). The minimum Gasteiger partial charge on any atom is -0.496 e. The van der Waals surface area contributed by atoms with Gasteiger partial charge >= 0.3 is 0 Å². The number of amides is 2. The molecule has 1 aliphatic carbocycles. The van der Waals surface area contributed by atoms with Crippen LogP contribution >= 0.6 is 15.9 Å². The normalized spacial score (nSPS) is 22.2. The van der Waals surface area contributed by atoms with Crippen molar-refractivity contribution in [3.05, 3.63) is 28.2 Å². The quantitative estimate of drug-likeness (QED) is 0.896. The van der Waals surface area contributed by atoms with Crippen LogP contribution in [0.25, 0.3) is 0 Å². The molecule has 1 unspecified atom stereocenters. The lowest BCUT2D eigenvalue weighted by molar-refractivity contribution is -0.147. The average Bonchev–Trinajstić information content (AvgIpc) is 3.28. The summed E-state index contributed by atoms with van der Waals surface area (Å²) in [6.07, 6.45) is 2.04. The predicted octanol–water partition coefficient (Wildman–Crippen LogP) is 1.69. The molecule has 0 aromatic heterocycles. The minimum absolute atomic E-state index is 0.0153. The molecule has 2 amide bonds. The van der Waals surface area contributed by atoms with E-state index in [1.54, 1.807) is 12.0 Å². The first kappa shape index (κ1) is 14.4. The first-order valence-corrected chi connectivity index (χ1v) is 7.79. The van der Waals surface area contributed by atoms with Crippen LogP contribution in [-0.4, -0.2) is 36.4 Å². The fraction of sp³-hybridized carbons (Fsp3) is 0.467. The Balaban J connectivity index is 1.82. The molecule has 2 aliphatic rings. The van der Waals surface area contributed by atoms with Crippen molar-refractivity contribution in [3.8, 4) is 5.75 Å². The lowest BCUT2D eigenvalue weighted by Crippen LogP contribution is -2.58. The van der Waals surface area contributed by atoms with E-state index in [0.717, 1.165) is 28.6 Å². The van der Waals surface area contributed by atoms with Gasteiger partial charge < -0.3 is 15.0 Å². The Bertz CT molecular complexity index is 586. The molecule has 2 fully saturated rings. The second kappa shape index (κ2) is 5.67. The monoisotopic (exact) mass is 352 g/mol. The maximum Gasteiger partial charge on any atom is 0.243 e. The van der Waals surface area contributed by atoms with E-state index in [2.05, 4.69) is 21.2 Å². The SMILES string of the molecule is COc1ccc(CN2C(=O)CNC(=O)C2C2CC2)cc1Br. The molecule has 1 heterocycles. The van der Waals surface area contributed by atoms with Crippen molar-refractivity contribution in [1.82, 2.24) is 10.2 Å². The number of rotatable bonds is 4. The summed E-state index contributed by atoms with van der Waals surface area (Å²) < 4.78 is 6.05. The van der Waals surface area contributed by atoms with Crippen molar-refractivity contribution in [2.45, 2.75) is 25.4 Å². The molecule has 0 radical (unpaired) electrons. The largest absolute Gasteiger partial charge is 0.496 e. The van der Waals surface area contributed by atoms with Gasteiger partial charge in [0.1, 0.15) is 11.8 Å². The van der Waals surface area contributed by atoms with Crippen molar-refractivity contribution in [2.24, 2.45) is 5.92 Å². The lowest BCUT2D eigenvalue weighted by Gasteiger charge is -2.35. The van der Waals surface area contributed by atoms with E-state index >= 15 is 0 Å². The third-order valence-corrected chi connectivity index (χ3v) is 4.60. The molecule has 5 nitrogen and oxygen atoms in total. The molecule has 0 spiro atoms. The maximum atomic E-state index is 12.2. The summed E-state index contributed by atoms with van der Waals surface area (Å²) in [4.78, 5) is 25.9. The van der Waals surface area contributed by atoms with Crippen LogP contribution in [0.3, 0.4) is 0 Å². The van der Waals surface area contributed by atoms with Crippen LogP contribution in [-0.2, 0) is 16.1 Å². The molecular weight excluding hydrogens is 336 g/mol. The lowest BCUT2D eigenvalue weighted by atomic mass is 10.1. The third-order valence-electron chi connectivity index (χ3n) is 3.98. The Kier molecular flexibility index (Phi) is 3.89. The van der Waals surface area contributed by atoms with E-state index in [1.165, 1.54) is 0 Å². The number of methoxy groups -OCH3 is 1. The summed E-state index contributed by atoms with van der Waals surface area (Å²) in [7, 11) is 1.61. The highest BCUT2D eigenvalue weighted by Crippen LogP contribution is 2.37. The van der Waals surface area contributed by atoms with Gasteiger partial charge in [-0.15, -0.1) is 0 Å². The predicted molar refractivity (Wildman–Crippen MR) is 80.8 cm³/mol. The first-order chi connectivity index (χ1) is 10.1. The Morgan fingerprint density at radius 3 is 2.76 bits per heavy atom. The van der Waals surface area contributed by atoms with Crippen molar-refractivity contribution < 1.29 is 14.3 Å². The average molecular weight is 353 g/mol. The van der Waals surface area contributed by atoms with E-state index in [1.807, 2.05) is 18.2 Å². The zero-order valence-corrected chi connectivity index (χ0v) is 13.4. The van der Waals surface area contributed by atoms with E-state index in [4.69, 9.17) is 4.74 Å². The molecule has 1 aromatic rings. The van der Waals surface area contributed by atoms with Gasteiger partial charge in [0.05, 0.1) is 18.1 Å². The molecule has 3 rings (SSSR count). The number of carbonyl (C=O) groups excluding carboxylic acids is 2. The van der Waals surface area contributed by atoms with Crippen molar-refractivity contribution >= 4 is 27.7 Å². The fourth-order valence-corrected chi connectivity index (χ4v) is 3.33. The Morgan fingerprint density at radius 2 is 2.14 bits per heavy atom. The van der Waals surface area contributed by atoms with E-state index in [0.29, 0.717) is 12.5 Å². The topological polar surface area (TPSA) is 58.6 Å². The van der Waals surface area contributed by atoms with Gasteiger partial charge in [-0.25, -0.2) is 0 Å². The van der Waals surface area contributed by atoms with Gasteiger partial charge in [0.25, 0.3) is 0 Å². The molecular formula is C15H17BrN2O3. The number of hydrogen-bond donors (Lipinski definition) is 1. The summed E-state index contributed by atoms with van der Waals surface area (Å²) in [5.74, 6) is 1.03. The summed E-state index contributed by atoms with van der Waals surface area (Å²) in [6.45, 7) is 0.551. The Hall–Kier alpha value is -1.56. The van der Waals surface area contributed by atoms with Gasteiger partial charge in [0.15, 0.2) is 0 Å². The second-order valence-electron chi connectivity index (χ2n) is 5.49. The molecule has 112 valence electrons. The molecule has 1 aromatic carbocycles. The molecule has 1 saturated heterocycles. The zero-order valence-electron chi connectivity index (χ0n) is 11.8. The van der Waals surface area contributed by atoms with Gasteiger partial charge in [-0.1, -0.05) is 6.07 Å². The van der Waals surface area contributed by atoms with Crippen LogP contribution in [0.1, 0.15) is 18.4 Å². The molecule has 1 atom stereocenters. The second-order valence-corrected chi connectivity index (χ2v) is 6.34. The molecule has 6 heteroatoms. The van der Waals surface area contributed by atoms with E-state index < -0.39 is 0 Å². The Morgan fingerprint density at radius 1 is 1.38 bits per heavy atom. The first-order valence-electron chi connectivity index (χ1n) is 6.99. The zero-order chi connectivity index (χ0) is 15.0. The number of nitrogens with one attached hydrogen (secondary N) is 1. The number of nitrogens with zero attached hydrogens (tertiary/aromatic N) is 1. The van der Waals surface area contributed by atoms with Crippen molar-refractivity contribution in [3.63, 3.8) is 0 Å². The number of halogens is 1. The Labute approximate surface area is 131 Å². The number of benzene rings is 1. The van der Waals surface area contributed by atoms with Crippen LogP contribution in [0, 0.1) is 5.92 Å². The fourth-order valence-electron chi connectivity index (χ4n) is 2.74. The van der Waals surface area contributed by atoms with Crippen molar-refractivity contribution in [1.29, 1.82) is 0 Å². The number of piperazine rings is 1. The highest BCUT2D eigenvalue weighted by Gasteiger charge is 2.44. The van der Waals surface area contributed by atoms with Crippen molar-refractivity contribution in [2.75, 3.05) is 13.7 Å². The van der Waals surface area contributed by atoms with Crippen LogP contribution in [0.2, 0.25) is 0 Å². The van der Waals surface area contributed by atoms with Crippen LogP contribution in [0.5, 0.6) is 5.75 Å². The molecule has 1 saturated carbocycles. The summed E-state index contributed by atoms with van der Waals surface area (Å²) >= 11 is 3.45. The summed E-state index contributed by atoms with van der Waals surface area (Å²) in [6, 6.07) is 5.41. The summed E-state index contributed by atoms with van der Waals surface area (Å²) in [5.41, 5.74) is 0.983. The smallest absolute Gasteiger partial charge is 0.243 e. The molecule has 1 aliphatic heterocycles. The van der Waals surface area contributed by atoms with Crippen LogP contribution in [0.15, 0.2) is 22.7 Å². The highest BCUT2D eigenvalue weighted by atomic mass is 79.9. The number of carbonyl (C=O) groups is 2. The van der Waals surface area contributed by atoms with E-state index in [-0.39, 0.29) is 24.4 Å². The molecule has 0 bridgehead atoms. The third kappa shape index (κ3) is 2.90. The van der Waals surface area contributed by atoms with Gasteiger partial charge in [0, 0.05) is 6.54 Å². The maximum absolute atomic E-state index is 12.2. The highest BCUT2D eigenvalue weighted by molar-refractivity contribution is 9.10. The minimum atomic E-state index is -0.313. The van der Waals surface area contributed by atoms with Crippen LogP contribution < -0.4 is 10.1 Å². The number of ether oxygens (including phenoxy) is 1. The molecule has 1 N–H and O–H groups in total. The molecule has 21 heavy (non-hydrogen) atoms. The number of hydrogen-bond acceptors (Lipinski definition) is 3. The van der Waals surface area contributed by atoms with Gasteiger partial charge in [-0.05, 0) is 52.4 Å². The van der Waals surface area contributed by atoms with Gasteiger partial charge in [-0.2, -0.15) is 0 Å².